The Morgan fingerprint density at radius 2 is 2.16 bits per heavy atom. The van der Waals surface area contributed by atoms with E-state index in [4.69, 9.17) is 4.74 Å². The van der Waals surface area contributed by atoms with Crippen LogP contribution in [-0.2, 0) is 19.1 Å². The first-order chi connectivity index (χ1) is 11.8. The van der Waals surface area contributed by atoms with Gasteiger partial charge < -0.3 is 19.9 Å². The van der Waals surface area contributed by atoms with Crippen molar-refractivity contribution in [1.82, 2.24) is 15.1 Å². The minimum Gasteiger partial charge on any atom is -0.478 e. The first-order valence-electron chi connectivity index (χ1n) is 8.88. The van der Waals surface area contributed by atoms with Crippen molar-refractivity contribution in [2.75, 3.05) is 26.7 Å². The fourth-order valence-electron chi connectivity index (χ4n) is 3.26. The number of aliphatic imine (C=N–C) groups is 1. The molecular weight excluding hydrogens is 324 g/mol. The number of likely N-dealkylation sites (tertiary alicyclic amines) is 1. The minimum absolute atomic E-state index is 0.129. The third kappa shape index (κ3) is 4.49. The Hall–Kier alpha value is -2.12. The SMILES string of the molecule is CCCN(C)C(=O)C(C)NC(=O)[C@@H]1CCCN1C(=O)C1COC(C)=N1. The van der Waals surface area contributed by atoms with Crippen LogP contribution in [0.15, 0.2) is 4.99 Å². The van der Waals surface area contributed by atoms with Crippen molar-refractivity contribution < 1.29 is 19.1 Å². The van der Waals surface area contributed by atoms with Crippen molar-refractivity contribution in [3.8, 4) is 0 Å². The van der Waals surface area contributed by atoms with Gasteiger partial charge in [-0.15, -0.1) is 0 Å². The second-order valence-electron chi connectivity index (χ2n) is 6.65. The van der Waals surface area contributed by atoms with Gasteiger partial charge in [0, 0.05) is 27.1 Å². The molecular formula is C17H28N4O4. The van der Waals surface area contributed by atoms with E-state index in [1.807, 2.05) is 6.92 Å². The number of carbonyl (C=O) groups excluding carboxylic acids is 3. The molecule has 2 heterocycles. The number of ether oxygens (including phenoxy) is 1. The Morgan fingerprint density at radius 1 is 1.44 bits per heavy atom. The van der Waals surface area contributed by atoms with Crippen LogP contribution >= 0.6 is 0 Å². The topological polar surface area (TPSA) is 91.3 Å². The summed E-state index contributed by atoms with van der Waals surface area (Å²) in [6, 6.07) is -1.73. The van der Waals surface area contributed by atoms with Gasteiger partial charge in [0.05, 0.1) is 0 Å². The van der Waals surface area contributed by atoms with Crippen LogP contribution in [-0.4, -0.2) is 78.3 Å². The van der Waals surface area contributed by atoms with Gasteiger partial charge in [-0.1, -0.05) is 6.92 Å². The van der Waals surface area contributed by atoms with Gasteiger partial charge >= 0.3 is 0 Å². The molecule has 1 saturated heterocycles. The van der Waals surface area contributed by atoms with Crippen molar-refractivity contribution in [3.05, 3.63) is 0 Å². The molecule has 8 nitrogen and oxygen atoms in total. The second-order valence-corrected chi connectivity index (χ2v) is 6.65. The van der Waals surface area contributed by atoms with E-state index < -0.39 is 18.1 Å². The van der Waals surface area contributed by atoms with Crippen molar-refractivity contribution in [1.29, 1.82) is 0 Å². The number of hydrogen-bond acceptors (Lipinski definition) is 5. The van der Waals surface area contributed by atoms with Gasteiger partial charge in [0.1, 0.15) is 18.7 Å². The number of carbonyl (C=O) groups is 3. The largest absolute Gasteiger partial charge is 0.478 e. The summed E-state index contributed by atoms with van der Waals surface area (Å²) in [5.74, 6) is -0.0972. The van der Waals surface area contributed by atoms with E-state index in [1.54, 1.807) is 30.7 Å². The molecule has 0 bridgehead atoms. The Balaban J connectivity index is 1.96. The van der Waals surface area contributed by atoms with E-state index in [0.717, 1.165) is 12.8 Å². The normalized spacial score (nSPS) is 23.7. The molecule has 140 valence electrons. The predicted octanol–water partition coefficient (Wildman–Crippen LogP) is 0.168. The molecule has 1 N–H and O–H groups in total. The summed E-state index contributed by atoms with van der Waals surface area (Å²) in [6.07, 6.45) is 2.22. The molecule has 0 radical (unpaired) electrons. The maximum Gasteiger partial charge on any atom is 0.251 e. The summed E-state index contributed by atoms with van der Waals surface area (Å²) in [5.41, 5.74) is 0. The Kier molecular flexibility index (Phi) is 6.39. The maximum atomic E-state index is 12.6. The minimum atomic E-state index is -0.614. The van der Waals surface area contributed by atoms with Crippen LogP contribution in [0.25, 0.3) is 0 Å². The summed E-state index contributed by atoms with van der Waals surface area (Å²) in [7, 11) is 1.72. The number of amides is 3. The van der Waals surface area contributed by atoms with Gasteiger partial charge in [-0.3, -0.25) is 14.4 Å². The van der Waals surface area contributed by atoms with E-state index in [2.05, 4.69) is 10.3 Å². The molecule has 0 aromatic heterocycles. The highest BCUT2D eigenvalue weighted by atomic mass is 16.5. The van der Waals surface area contributed by atoms with Crippen molar-refractivity contribution in [2.24, 2.45) is 4.99 Å². The average molecular weight is 352 g/mol. The lowest BCUT2D eigenvalue weighted by molar-refractivity contribution is -0.141. The van der Waals surface area contributed by atoms with E-state index in [1.165, 1.54) is 0 Å². The predicted molar refractivity (Wildman–Crippen MR) is 93.1 cm³/mol. The molecule has 0 aromatic carbocycles. The number of nitrogens with one attached hydrogen (secondary N) is 1. The Labute approximate surface area is 148 Å². The van der Waals surface area contributed by atoms with E-state index in [-0.39, 0.29) is 24.3 Å². The third-order valence-corrected chi connectivity index (χ3v) is 4.58. The maximum absolute atomic E-state index is 12.6. The van der Waals surface area contributed by atoms with Crippen LogP contribution in [0.2, 0.25) is 0 Å². The number of nitrogens with zero attached hydrogens (tertiary/aromatic N) is 3. The number of likely N-dealkylation sites (N-methyl/N-ethyl adjacent to an activating group) is 1. The molecule has 0 spiro atoms. The lowest BCUT2D eigenvalue weighted by Gasteiger charge is -2.27. The monoisotopic (exact) mass is 352 g/mol. The van der Waals surface area contributed by atoms with Crippen LogP contribution in [0.4, 0.5) is 0 Å². The average Bonchev–Trinajstić information content (AvgIpc) is 3.22. The van der Waals surface area contributed by atoms with Crippen molar-refractivity contribution >= 4 is 23.6 Å². The van der Waals surface area contributed by atoms with E-state index >= 15 is 0 Å². The van der Waals surface area contributed by atoms with Gasteiger partial charge in [-0.05, 0) is 26.2 Å². The molecule has 0 aromatic rings. The first kappa shape index (κ1) is 19.2. The molecule has 2 unspecified atom stereocenters. The highest BCUT2D eigenvalue weighted by molar-refractivity contribution is 5.94. The van der Waals surface area contributed by atoms with Gasteiger partial charge in [0.15, 0.2) is 11.9 Å². The summed E-state index contributed by atoms with van der Waals surface area (Å²) < 4.78 is 5.24. The highest BCUT2D eigenvalue weighted by Crippen LogP contribution is 2.21. The number of rotatable bonds is 6. The Bertz CT molecular complexity index is 563. The molecule has 0 saturated carbocycles. The third-order valence-electron chi connectivity index (χ3n) is 4.58. The molecule has 2 aliphatic heterocycles. The molecule has 8 heteroatoms. The summed E-state index contributed by atoms with van der Waals surface area (Å²) in [6.45, 7) is 6.78. The van der Waals surface area contributed by atoms with E-state index in [9.17, 15) is 14.4 Å². The standard InChI is InChI=1S/C17H28N4O4/c1-5-8-20(4)16(23)11(2)18-15(22)14-7-6-9-21(14)17(24)13-10-25-12(3)19-13/h11,13-14H,5-10H2,1-4H3,(H,18,22)/t11?,13?,14-/m0/s1. The fraction of sp³-hybridized carbons (Fsp3) is 0.765. The van der Waals surface area contributed by atoms with Crippen LogP contribution in [0.1, 0.15) is 40.0 Å². The summed E-state index contributed by atoms with van der Waals surface area (Å²) in [4.78, 5) is 44.8. The lowest BCUT2D eigenvalue weighted by atomic mass is 10.1. The Morgan fingerprint density at radius 3 is 2.76 bits per heavy atom. The number of hydrogen-bond donors (Lipinski definition) is 1. The zero-order valence-corrected chi connectivity index (χ0v) is 15.4. The second kappa shape index (κ2) is 8.31. The first-order valence-corrected chi connectivity index (χ1v) is 8.88. The van der Waals surface area contributed by atoms with E-state index in [0.29, 0.717) is 25.4 Å². The highest BCUT2D eigenvalue weighted by Gasteiger charge is 2.39. The van der Waals surface area contributed by atoms with Crippen LogP contribution in [0.3, 0.4) is 0 Å². The van der Waals surface area contributed by atoms with Gasteiger partial charge in [0.25, 0.3) is 5.91 Å². The van der Waals surface area contributed by atoms with Crippen LogP contribution < -0.4 is 5.32 Å². The molecule has 2 rings (SSSR count). The smallest absolute Gasteiger partial charge is 0.251 e. The fourth-order valence-corrected chi connectivity index (χ4v) is 3.26. The zero-order chi connectivity index (χ0) is 18.6. The molecule has 1 fully saturated rings. The quantitative estimate of drug-likeness (QED) is 0.738. The molecule has 25 heavy (non-hydrogen) atoms. The molecule has 0 aliphatic carbocycles. The summed E-state index contributed by atoms with van der Waals surface area (Å²) >= 11 is 0. The van der Waals surface area contributed by atoms with Gasteiger partial charge in [-0.25, -0.2) is 4.99 Å². The van der Waals surface area contributed by atoms with Crippen molar-refractivity contribution in [2.45, 2.75) is 58.2 Å². The summed E-state index contributed by atoms with van der Waals surface area (Å²) in [5, 5.41) is 2.75. The zero-order valence-electron chi connectivity index (χ0n) is 15.4. The van der Waals surface area contributed by atoms with Crippen molar-refractivity contribution in [3.63, 3.8) is 0 Å². The molecule has 3 atom stereocenters. The lowest BCUT2D eigenvalue weighted by Crippen LogP contribution is -2.53. The van der Waals surface area contributed by atoms with Crippen LogP contribution in [0, 0.1) is 0 Å². The molecule has 3 amide bonds. The van der Waals surface area contributed by atoms with Gasteiger partial charge in [0.2, 0.25) is 11.8 Å². The van der Waals surface area contributed by atoms with Gasteiger partial charge in [-0.2, -0.15) is 0 Å². The van der Waals surface area contributed by atoms with Crippen LogP contribution in [0.5, 0.6) is 0 Å². The molecule has 2 aliphatic rings.